The van der Waals surface area contributed by atoms with E-state index in [9.17, 15) is 18.4 Å². The fourth-order valence-corrected chi connectivity index (χ4v) is 2.98. The molecule has 2 aromatic carbocycles. The normalized spacial score (nSPS) is 13.1. The number of ether oxygens (including phenoxy) is 1. The van der Waals surface area contributed by atoms with Crippen LogP contribution in [0.4, 0.5) is 8.78 Å². The maximum Gasteiger partial charge on any atom is 0.387 e. The van der Waals surface area contributed by atoms with Gasteiger partial charge in [-0.25, -0.2) is 0 Å². The van der Waals surface area contributed by atoms with Gasteiger partial charge < -0.3 is 15.4 Å². The van der Waals surface area contributed by atoms with Gasteiger partial charge in [0.1, 0.15) is 11.8 Å². The van der Waals surface area contributed by atoms with Crippen molar-refractivity contribution in [2.75, 3.05) is 0 Å². The minimum Gasteiger partial charge on any atom is -0.434 e. The van der Waals surface area contributed by atoms with Crippen LogP contribution in [0.2, 0.25) is 0 Å². The molecule has 0 aliphatic rings. The van der Waals surface area contributed by atoms with Gasteiger partial charge in [0, 0.05) is 11.1 Å². The van der Waals surface area contributed by atoms with E-state index >= 15 is 0 Å². The minimum absolute atomic E-state index is 0.0177. The van der Waals surface area contributed by atoms with Gasteiger partial charge in [0.15, 0.2) is 0 Å². The zero-order valence-electron chi connectivity index (χ0n) is 16.7. The number of para-hydroxylation sites is 1. The van der Waals surface area contributed by atoms with Crippen molar-refractivity contribution in [1.29, 1.82) is 0 Å². The van der Waals surface area contributed by atoms with Gasteiger partial charge in [-0.05, 0) is 30.5 Å². The molecule has 7 heteroatoms. The van der Waals surface area contributed by atoms with Gasteiger partial charge in [-0.1, -0.05) is 57.2 Å². The van der Waals surface area contributed by atoms with Gasteiger partial charge in [0.05, 0.1) is 6.04 Å². The molecule has 5 nitrogen and oxygen atoms in total. The summed E-state index contributed by atoms with van der Waals surface area (Å²) in [6.07, 6.45) is 0.465. The molecular formula is C22H26F2N2O3. The molecule has 2 rings (SSSR count). The molecule has 2 unspecified atom stereocenters. The topological polar surface area (TPSA) is 67.4 Å². The van der Waals surface area contributed by atoms with Crippen LogP contribution < -0.4 is 15.4 Å². The maximum atomic E-state index is 12.9. The predicted octanol–water partition coefficient (Wildman–Crippen LogP) is 4.31. The van der Waals surface area contributed by atoms with Crippen LogP contribution in [0.1, 0.15) is 49.2 Å². The zero-order valence-corrected chi connectivity index (χ0v) is 16.7. The van der Waals surface area contributed by atoms with E-state index in [-0.39, 0.29) is 23.5 Å². The van der Waals surface area contributed by atoms with Crippen molar-refractivity contribution >= 4 is 11.8 Å². The minimum atomic E-state index is -2.96. The second kappa shape index (κ2) is 10.5. The molecule has 0 aromatic heterocycles. The van der Waals surface area contributed by atoms with Gasteiger partial charge in [-0.2, -0.15) is 8.78 Å². The largest absolute Gasteiger partial charge is 0.434 e. The highest BCUT2D eigenvalue weighted by molar-refractivity contribution is 5.97. The number of carbonyl (C=O) groups excluding carboxylic acids is 2. The third-order valence-corrected chi connectivity index (χ3v) is 4.51. The van der Waals surface area contributed by atoms with Crippen LogP contribution in [0.3, 0.4) is 0 Å². The van der Waals surface area contributed by atoms with Crippen molar-refractivity contribution in [3.8, 4) is 5.75 Å². The van der Waals surface area contributed by atoms with Crippen molar-refractivity contribution in [3.63, 3.8) is 0 Å². The fourth-order valence-electron chi connectivity index (χ4n) is 2.98. The van der Waals surface area contributed by atoms with E-state index in [1.54, 1.807) is 48.5 Å². The molecule has 2 amide bonds. The summed E-state index contributed by atoms with van der Waals surface area (Å²) >= 11 is 0. The maximum absolute atomic E-state index is 12.9. The highest BCUT2D eigenvalue weighted by Gasteiger charge is 2.27. The molecule has 0 aliphatic carbocycles. The van der Waals surface area contributed by atoms with E-state index in [1.807, 2.05) is 20.8 Å². The van der Waals surface area contributed by atoms with E-state index in [1.165, 1.54) is 6.07 Å². The van der Waals surface area contributed by atoms with E-state index in [4.69, 9.17) is 0 Å². The van der Waals surface area contributed by atoms with Crippen molar-refractivity contribution in [3.05, 3.63) is 65.7 Å². The summed E-state index contributed by atoms with van der Waals surface area (Å²) in [4.78, 5) is 25.4. The quantitative estimate of drug-likeness (QED) is 0.654. The lowest BCUT2D eigenvalue weighted by Crippen LogP contribution is -2.50. The Morgan fingerprint density at radius 3 is 2.17 bits per heavy atom. The highest BCUT2D eigenvalue weighted by atomic mass is 19.3. The zero-order chi connectivity index (χ0) is 21.4. The van der Waals surface area contributed by atoms with E-state index in [0.717, 1.165) is 0 Å². The van der Waals surface area contributed by atoms with Gasteiger partial charge in [-0.15, -0.1) is 0 Å². The van der Waals surface area contributed by atoms with Gasteiger partial charge >= 0.3 is 6.61 Å². The van der Waals surface area contributed by atoms with Gasteiger partial charge in [-0.3, -0.25) is 9.59 Å². The molecule has 2 aromatic rings. The Balaban J connectivity index is 2.17. The summed E-state index contributed by atoms with van der Waals surface area (Å²) in [7, 11) is 0. The summed E-state index contributed by atoms with van der Waals surface area (Å²) in [5.41, 5.74) is 0.911. The average Bonchev–Trinajstić information content (AvgIpc) is 2.70. The Morgan fingerprint density at radius 1 is 0.966 bits per heavy atom. The summed E-state index contributed by atoms with van der Waals surface area (Å²) in [5.74, 6) is -0.895. The van der Waals surface area contributed by atoms with Crippen LogP contribution in [-0.2, 0) is 4.79 Å². The molecule has 0 saturated heterocycles. The first kappa shape index (κ1) is 22.3. The van der Waals surface area contributed by atoms with Crippen LogP contribution >= 0.6 is 0 Å². The molecular weight excluding hydrogens is 378 g/mol. The SMILES string of the molecule is CCC(NC(=O)C(NC(=O)c1ccccc1)C(C)C)c1ccccc1OC(F)F. The monoisotopic (exact) mass is 404 g/mol. The fraction of sp³-hybridized carbons (Fsp3) is 0.364. The molecule has 0 radical (unpaired) electrons. The van der Waals surface area contributed by atoms with Crippen LogP contribution in [0.15, 0.2) is 54.6 Å². The van der Waals surface area contributed by atoms with Crippen molar-refractivity contribution < 1.29 is 23.1 Å². The third-order valence-electron chi connectivity index (χ3n) is 4.51. The lowest BCUT2D eigenvalue weighted by Gasteiger charge is -2.26. The van der Waals surface area contributed by atoms with Crippen LogP contribution in [0.25, 0.3) is 0 Å². The number of alkyl halides is 2. The first-order chi connectivity index (χ1) is 13.8. The number of hydrogen-bond donors (Lipinski definition) is 2. The van der Waals surface area contributed by atoms with Crippen molar-refractivity contribution in [2.45, 2.75) is 45.9 Å². The Labute approximate surface area is 169 Å². The number of hydrogen-bond acceptors (Lipinski definition) is 3. The van der Waals surface area contributed by atoms with Crippen molar-refractivity contribution in [2.24, 2.45) is 5.92 Å². The molecule has 2 atom stereocenters. The first-order valence-corrected chi connectivity index (χ1v) is 9.53. The van der Waals surface area contributed by atoms with Crippen molar-refractivity contribution in [1.82, 2.24) is 10.6 Å². The van der Waals surface area contributed by atoms with Crippen LogP contribution in [0, 0.1) is 5.92 Å². The second-order valence-electron chi connectivity index (χ2n) is 6.95. The Kier molecular flexibility index (Phi) is 8.12. The van der Waals surface area contributed by atoms with E-state index in [2.05, 4.69) is 15.4 Å². The van der Waals surface area contributed by atoms with E-state index < -0.39 is 18.7 Å². The molecule has 2 N–H and O–H groups in total. The number of amides is 2. The van der Waals surface area contributed by atoms with Gasteiger partial charge in [0.2, 0.25) is 5.91 Å². The predicted molar refractivity (Wildman–Crippen MR) is 107 cm³/mol. The lowest BCUT2D eigenvalue weighted by molar-refractivity contribution is -0.124. The second-order valence-corrected chi connectivity index (χ2v) is 6.95. The Hall–Kier alpha value is -2.96. The summed E-state index contributed by atoms with van der Waals surface area (Å²) in [6, 6.07) is 13.7. The average molecular weight is 404 g/mol. The van der Waals surface area contributed by atoms with E-state index in [0.29, 0.717) is 17.5 Å². The first-order valence-electron chi connectivity index (χ1n) is 9.53. The number of rotatable bonds is 9. The molecule has 0 bridgehead atoms. The lowest BCUT2D eigenvalue weighted by atomic mass is 9.99. The Bertz CT molecular complexity index is 813. The van der Waals surface area contributed by atoms with Crippen LogP contribution in [0.5, 0.6) is 5.75 Å². The van der Waals surface area contributed by atoms with Gasteiger partial charge in [0.25, 0.3) is 5.91 Å². The summed E-state index contributed by atoms with van der Waals surface area (Å²) in [6.45, 7) is 2.52. The highest BCUT2D eigenvalue weighted by Crippen LogP contribution is 2.28. The standard InChI is InChI=1S/C22H26F2N2O3/c1-4-17(16-12-8-9-13-18(16)29-22(23)24)25-21(28)19(14(2)3)26-20(27)15-10-6-5-7-11-15/h5-14,17,19,22H,4H2,1-3H3,(H,25,28)(H,26,27). The molecule has 0 fully saturated rings. The Morgan fingerprint density at radius 2 is 1.59 bits per heavy atom. The third kappa shape index (κ3) is 6.27. The molecule has 0 spiro atoms. The molecule has 29 heavy (non-hydrogen) atoms. The summed E-state index contributed by atoms with van der Waals surface area (Å²) < 4.78 is 30.0. The number of benzene rings is 2. The molecule has 0 heterocycles. The van der Waals surface area contributed by atoms with Crippen LogP contribution in [-0.4, -0.2) is 24.5 Å². The molecule has 156 valence electrons. The molecule has 0 aliphatic heterocycles. The number of nitrogens with one attached hydrogen (secondary N) is 2. The number of halogens is 2. The summed E-state index contributed by atoms with van der Waals surface area (Å²) in [5, 5.41) is 5.61. The number of carbonyl (C=O) groups is 2. The molecule has 0 saturated carbocycles. The smallest absolute Gasteiger partial charge is 0.387 e.